The van der Waals surface area contributed by atoms with Crippen molar-refractivity contribution in [3.8, 4) is 5.75 Å². The summed E-state index contributed by atoms with van der Waals surface area (Å²) in [4.78, 5) is 13.9. The van der Waals surface area contributed by atoms with E-state index in [1.165, 1.54) is 0 Å². The van der Waals surface area contributed by atoms with E-state index in [9.17, 15) is 9.90 Å². The van der Waals surface area contributed by atoms with Crippen LogP contribution in [0.1, 0.15) is 31.1 Å². The highest BCUT2D eigenvalue weighted by atomic mass is 16.5. The summed E-state index contributed by atoms with van der Waals surface area (Å²) in [6, 6.07) is 5.04. The van der Waals surface area contributed by atoms with Gasteiger partial charge in [0.15, 0.2) is 0 Å². The van der Waals surface area contributed by atoms with Crippen molar-refractivity contribution < 1.29 is 14.6 Å². The molecule has 1 aliphatic rings. The number of likely N-dealkylation sites (tertiary alicyclic amines) is 1. The first kappa shape index (κ1) is 14.7. The van der Waals surface area contributed by atoms with Gasteiger partial charge in [0.05, 0.1) is 25.4 Å². The maximum Gasteiger partial charge on any atom is 0.254 e. The third-order valence-electron chi connectivity index (χ3n) is 3.85. The lowest BCUT2D eigenvalue weighted by Crippen LogP contribution is -2.65. The fourth-order valence-corrected chi connectivity index (χ4v) is 2.27. The van der Waals surface area contributed by atoms with Crippen LogP contribution in [0.25, 0.3) is 0 Å². The summed E-state index contributed by atoms with van der Waals surface area (Å²) < 4.78 is 5.35. The Kier molecular flexibility index (Phi) is 3.90. The van der Waals surface area contributed by atoms with Crippen molar-refractivity contribution in [3.63, 3.8) is 0 Å². The maximum atomic E-state index is 12.3. The molecule has 3 N–H and O–H groups in total. The molecule has 110 valence electrons. The van der Waals surface area contributed by atoms with Gasteiger partial charge in [0, 0.05) is 5.56 Å². The number of nitrogens with zero attached hydrogens (tertiary/aromatic N) is 1. The Hall–Kier alpha value is -1.75. The molecule has 1 aromatic carbocycles. The van der Waals surface area contributed by atoms with E-state index >= 15 is 0 Å². The molecule has 1 heterocycles. The van der Waals surface area contributed by atoms with Gasteiger partial charge in [0.25, 0.3) is 5.91 Å². The normalized spacial score (nSPS) is 16.9. The van der Waals surface area contributed by atoms with E-state index in [0.29, 0.717) is 36.7 Å². The molecule has 1 saturated heterocycles. The van der Waals surface area contributed by atoms with Gasteiger partial charge in [-0.25, -0.2) is 0 Å². The molecular formula is C15H22N2O3. The minimum absolute atomic E-state index is 0.106. The first-order chi connectivity index (χ1) is 9.37. The number of amides is 1. The number of rotatable bonds is 4. The number of carbonyl (C=O) groups excluding carboxylic acids is 1. The van der Waals surface area contributed by atoms with Crippen LogP contribution in [0.3, 0.4) is 0 Å². The number of nitrogen functional groups attached to an aromatic ring is 1. The Morgan fingerprint density at radius 3 is 2.65 bits per heavy atom. The number of β-amino-alcohol motifs (C(OH)–C–C–N with tert-alkyl or cyclic N) is 1. The van der Waals surface area contributed by atoms with E-state index in [2.05, 4.69) is 0 Å². The molecule has 2 rings (SSSR count). The lowest BCUT2D eigenvalue weighted by molar-refractivity contribution is -0.110. The van der Waals surface area contributed by atoms with Gasteiger partial charge in [-0.2, -0.15) is 0 Å². The average Bonchev–Trinajstić information content (AvgIpc) is 2.36. The number of benzene rings is 1. The molecular weight excluding hydrogens is 256 g/mol. The van der Waals surface area contributed by atoms with Gasteiger partial charge in [0.2, 0.25) is 0 Å². The Balaban J connectivity index is 2.06. The number of nitrogens with two attached hydrogens (primary N) is 1. The van der Waals surface area contributed by atoms with Crippen LogP contribution in [-0.4, -0.2) is 41.2 Å². The second-order valence-corrected chi connectivity index (χ2v) is 5.61. The number of anilines is 1. The third kappa shape index (κ3) is 2.58. The zero-order valence-electron chi connectivity index (χ0n) is 12.2. The van der Waals surface area contributed by atoms with E-state index in [0.717, 1.165) is 0 Å². The van der Waals surface area contributed by atoms with E-state index < -0.39 is 5.60 Å². The monoisotopic (exact) mass is 278 g/mol. The first-order valence-corrected chi connectivity index (χ1v) is 6.91. The second-order valence-electron chi connectivity index (χ2n) is 5.61. The lowest BCUT2D eigenvalue weighted by Gasteiger charge is -2.49. The van der Waals surface area contributed by atoms with Crippen molar-refractivity contribution in [1.29, 1.82) is 0 Å². The lowest BCUT2D eigenvalue weighted by atomic mass is 9.82. The molecule has 0 aromatic heterocycles. The number of hydrogen-bond donors (Lipinski definition) is 2. The van der Waals surface area contributed by atoms with Crippen LogP contribution >= 0.6 is 0 Å². The molecule has 0 aliphatic carbocycles. The number of carbonyl (C=O) groups is 1. The van der Waals surface area contributed by atoms with E-state index in [1.54, 1.807) is 23.1 Å². The standard InChI is InChI=1S/C15H22N2O3/c1-4-20-13-6-5-11(7-12(13)16)14(18)17-8-15(19,9-17)10(2)3/h5-7,10,19H,4,8-9,16H2,1-3H3. The predicted molar refractivity (Wildman–Crippen MR) is 77.7 cm³/mol. The fourth-order valence-electron chi connectivity index (χ4n) is 2.27. The Labute approximate surface area is 119 Å². The molecule has 20 heavy (non-hydrogen) atoms. The zero-order chi connectivity index (χ0) is 14.9. The minimum Gasteiger partial charge on any atom is -0.492 e. The molecule has 5 nitrogen and oxygen atoms in total. The highest BCUT2D eigenvalue weighted by molar-refractivity contribution is 5.96. The molecule has 1 fully saturated rings. The summed E-state index contributed by atoms with van der Waals surface area (Å²) in [5, 5.41) is 10.2. The van der Waals surface area contributed by atoms with Crippen molar-refractivity contribution in [2.24, 2.45) is 5.92 Å². The minimum atomic E-state index is -0.757. The van der Waals surface area contributed by atoms with Crippen LogP contribution in [-0.2, 0) is 0 Å². The zero-order valence-corrected chi connectivity index (χ0v) is 12.2. The number of aliphatic hydroxyl groups is 1. The molecule has 1 amide bonds. The maximum absolute atomic E-state index is 12.3. The summed E-state index contributed by atoms with van der Waals surface area (Å²) in [6.07, 6.45) is 0. The highest BCUT2D eigenvalue weighted by Crippen LogP contribution is 2.31. The van der Waals surface area contributed by atoms with Gasteiger partial charge < -0.3 is 20.5 Å². The topological polar surface area (TPSA) is 75.8 Å². The second kappa shape index (κ2) is 5.32. The van der Waals surface area contributed by atoms with Crippen LogP contribution in [0, 0.1) is 5.92 Å². The molecule has 1 aliphatic heterocycles. The van der Waals surface area contributed by atoms with Gasteiger partial charge in [-0.3, -0.25) is 4.79 Å². The molecule has 0 spiro atoms. The van der Waals surface area contributed by atoms with Crippen molar-refractivity contribution in [1.82, 2.24) is 4.90 Å². The van der Waals surface area contributed by atoms with Crippen LogP contribution in [0.2, 0.25) is 0 Å². The van der Waals surface area contributed by atoms with E-state index in [1.807, 2.05) is 20.8 Å². The van der Waals surface area contributed by atoms with Crippen molar-refractivity contribution in [2.45, 2.75) is 26.4 Å². The fraction of sp³-hybridized carbons (Fsp3) is 0.533. The quantitative estimate of drug-likeness (QED) is 0.819. The van der Waals surface area contributed by atoms with Crippen molar-refractivity contribution in [2.75, 3.05) is 25.4 Å². The summed E-state index contributed by atoms with van der Waals surface area (Å²) in [5.74, 6) is 0.619. The van der Waals surface area contributed by atoms with Gasteiger partial charge in [-0.15, -0.1) is 0 Å². The van der Waals surface area contributed by atoms with Crippen molar-refractivity contribution in [3.05, 3.63) is 23.8 Å². The van der Waals surface area contributed by atoms with Crippen LogP contribution in [0.4, 0.5) is 5.69 Å². The first-order valence-electron chi connectivity index (χ1n) is 6.91. The predicted octanol–water partition coefficient (Wildman–Crippen LogP) is 1.51. The molecule has 5 heteroatoms. The Morgan fingerprint density at radius 1 is 1.50 bits per heavy atom. The molecule has 0 unspecified atom stereocenters. The van der Waals surface area contributed by atoms with Gasteiger partial charge >= 0.3 is 0 Å². The summed E-state index contributed by atoms with van der Waals surface area (Å²) in [5.41, 5.74) is 6.08. The summed E-state index contributed by atoms with van der Waals surface area (Å²) in [7, 11) is 0. The van der Waals surface area contributed by atoms with Crippen LogP contribution < -0.4 is 10.5 Å². The Morgan fingerprint density at radius 2 is 2.15 bits per heavy atom. The summed E-state index contributed by atoms with van der Waals surface area (Å²) >= 11 is 0. The largest absolute Gasteiger partial charge is 0.492 e. The summed E-state index contributed by atoms with van der Waals surface area (Å²) in [6.45, 7) is 7.07. The average molecular weight is 278 g/mol. The van der Waals surface area contributed by atoms with Crippen molar-refractivity contribution >= 4 is 11.6 Å². The van der Waals surface area contributed by atoms with Gasteiger partial charge in [-0.05, 0) is 31.0 Å². The molecule has 1 aromatic rings. The SMILES string of the molecule is CCOc1ccc(C(=O)N2CC(O)(C(C)C)C2)cc1N. The van der Waals surface area contributed by atoms with Crippen LogP contribution in [0.15, 0.2) is 18.2 Å². The smallest absolute Gasteiger partial charge is 0.254 e. The Bertz CT molecular complexity index is 508. The molecule has 0 atom stereocenters. The van der Waals surface area contributed by atoms with Gasteiger partial charge in [-0.1, -0.05) is 13.8 Å². The molecule has 0 radical (unpaired) electrons. The number of ether oxygens (including phenoxy) is 1. The highest BCUT2D eigenvalue weighted by Gasteiger charge is 2.45. The van der Waals surface area contributed by atoms with Gasteiger partial charge in [0.1, 0.15) is 11.4 Å². The molecule has 0 bridgehead atoms. The molecule has 0 saturated carbocycles. The number of hydrogen-bond acceptors (Lipinski definition) is 4. The van der Waals surface area contributed by atoms with Crippen LogP contribution in [0.5, 0.6) is 5.75 Å². The van der Waals surface area contributed by atoms with E-state index in [4.69, 9.17) is 10.5 Å². The van der Waals surface area contributed by atoms with E-state index in [-0.39, 0.29) is 11.8 Å². The third-order valence-corrected chi connectivity index (χ3v) is 3.85.